The predicted octanol–water partition coefficient (Wildman–Crippen LogP) is 3.31. The van der Waals surface area contributed by atoms with Crippen molar-refractivity contribution in [1.29, 1.82) is 0 Å². The maximum atomic E-state index is 12.4. The van der Waals surface area contributed by atoms with Gasteiger partial charge in [0.05, 0.1) is 18.7 Å². The lowest BCUT2D eigenvalue weighted by molar-refractivity contribution is 0.219. The highest BCUT2D eigenvalue weighted by Gasteiger charge is 2.26. The monoisotopic (exact) mass is 352 g/mol. The van der Waals surface area contributed by atoms with Crippen molar-refractivity contribution >= 4 is 11.7 Å². The van der Waals surface area contributed by atoms with Crippen LogP contribution in [0.1, 0.15) is 20.8 Å². The van der Waals surface area contributed by atoms with Crippen LogP contribution in [0.4, 0.5) is 10.5 Å². The second kappa shape index (κ2) is 7.43. The van der Waals surface area contributed by atoms with E-state index in [-0.39, 0.29) is 17.5 Å². The van der Waals surface area contributed by atoms with Crippen LogP contribution in [-0.2, 0) is 6.54 Å². The van der Waals surface area contributed by atoms with E-state index in [1.165, 1.54) is 0 Å². The number of carbonyl (C=O) groups is 1. The summed E-state index contributed by atoms with van der Waals surface area (Å²) < 4.78 is 3.88. The normalized spacial score (nSPS) is 12.6. The van der Waals surface area contributed by atoms with Crippen molar-refractivity contribution in [3.63, 3.8) is 0 Å². The van der Waals surface area contributed by atoms with Gasteiger partial charge in [-0.05, 0) is 29.7 Å². The molecule has 0 spiro atoms. The van der Waals surface area contributed by atoms with Crippen LogP contribution in [0, 0.1) is 5.41 Å². The number of urea groups is 1. The quantitative estimate of drug-likeness (QED) is 0.740. The first-order chi connectivity index (χ1) is 12.4. The number of aromatic nitrogens is 4. The number of anilines is 1. The first kappa shape index (κ1) is 17.7. The number of carbonyl (C=O) groups excluding carboxylic acids is 1. The molecule has 1 atom stereocenters. The lowest BCUT2D eigenvalue weighted by Crippen LogP contribution is -2.47. The Balaban J connectivity index is 1.62. The van der Waals surface area contributed by atoms with E-state index in [1.807, 2.05) is 45.8 Å². The van der Waals surface area contributed by atoms with Crippen LogP contribution in [0.25, 0.3) is 5.69 Å². The first-order valence-corrected chi connectivity index (χ1v) is 8.53. The van der Waals surface area contributed by atoms with Gasteiger partial charge in [0.2, 0.25) is 0 Å². The van der Waals surface area contributed by atoms with E-state index in [0.717, 1.165) is 11.4 Å². The molecule has 3 aromatic rings. The molecule has 2 heterocycles. The molecule has 0 aliphatic rings. The van der Waals surface area contributed by atoms with E-state index < -0.39 is 0 Å². The van der Waals surface area contributed by atoms with Gasteiger partial charge < -0.3 is 19.8 Å². The average molecular weight is 352 g/mol. The summed E-state index contributed by atoms with van der Waals surface area (Å²) in [5, 5.41) is 5.97. The molecule has 3 rings (SSSR count). The molecule has 2 amide bonds. The molecule has 7 nitrogen and oxygen atoms in total. The van der Waals surface area contributed by atoms with E-state index in [0.29, 0.717) is 6.54 Å². The van der Waals surface area contributed by atoms with Crippen LogP contribution in [0.5, 0.6) is 0 Å². The van der Waals surface area contributed by atoms with Gasteiger partial charge in [0.15, 0.2) is 0 Å². The summed E-state index contributed by atoms with van der Waals surface area (Å²) in [7, 11) is 0. The Kier molecular flexibility index (Phi) is 5.06. The molecule has 136 valence electrons. The number of nitrogens with zero attached hydrogens (tertiary/aromatic N) is 4. The van der Waals surface area contributed by atoms with Gasteiger partial charge in [-0.3, -0.25) is 0 Å². The SMILES string of the molecule is CC(C)(C)C(Cn1ccnc1)NC(=O)Nc1ccc(-n2ccnc2)cc1. The summed E-state index contributed by atoms with van der Waals surface area (Å²) in [5.41, 5.74) is 1.63. The molecule has 0 fully saturated rings. The molecule has 0 aliphatic carbocycles. The summed E-state index contributed by atoms with van der Waals surface area (Å²) >= 11 is 0. The predicted molar refractivity (Wildman–Crippen MR) is 101 cm³/mol. The molecule has 1 aromatic carbocycles. The zero-order chi connectivity index (χ0) is 18.6. The van der Waals surface area contributed by atoms with Gasteiger partial charge in [-0.25, -0.2) is 14.8 Å². The highest BCUT2D eigenvalue weighted by molar-refractivity contribution is 5.89. The summed E-state index contributed by atoms with van der Waals surface area (Å²) in [6, 6.07) is 7.35. The van der Waals surface area contributed by atoms with Gasteiger partial charge in [-0.1, -0.05) is 20.8 Å². The Hall–Kier alpha value is -3.09. The highest BCUT2D eigenvalue weighted by Crippen LogP contribution is 2.21. The molecule has 26 heavy (non-hydrogen) atoms. The molecule has 0 saturated heterocycles. The van der Waals surface area contributed by atoms with Crippen LogP contribution in [-0.4, -0.2) is 31.2 Å². The number of imidazole rings is 2. The maximum absolute atomic E-state index is 12.4. The minimum Gasteiger partial charge on any atom is -0.335 e. The second-order valence-corrected chi connectivity index (χ2v) is 7.29. The van der Waals surface area contributed by atoms with Crippen molar-refractivity contribution in [2.75, 3.05) is 5.32 Å². The minimum absolute atomic E-state index is 0.0399. The van der Waals surface area contributed by atoms with Crippen LogP contribution in [0.15, 0.2) is 61.7 Å². The molecule has 0 saturated carbocycles. The summed E-state index contributed by atoms with van der Waals surface area (Å²) in [5.74, 6) is 0. The van der Waals surface area contributed by atoms with E-state index in [4.69, 9.17) is 0 Å². The van der Waals surface area contributed by atoms with Crippen LogP contribution < -0.4 is 10.6 Å². The standard InChI is InChI=1S/C19H24N6O/c1-19(2,3)17(12-24-10-8-20-13-24)23-18(26)22-15-4-6-16(7-5-15)25-11-9-21-14-25/h4-11,13-14,17H,12H2,1-3H3,(H2,22,23,26). The number of amides is 2. The Labute approximate surface area is 153 Å². The van der Waals surface area contributed by atoms with E-state index >= 15 is 0 Å². The fourth-order valence-corrected chi connectivity index (χ4v) is 2.60. The first-order valence-electron chi connectivity index (χ1n) is 8.53. The summed E-state index contributed by atoms with van der Waals surface area (Å²) in [6.45, 7) is 6.98. The third kappa shape index (κ3) is 4.50. The van der Waals surface area contributed by atoms with Gasteiger partial charge in [0.1, 0.15) is 0 Å². The molecule has 1 unspecified atom stereocenters. The Bertz CT molecular complexity index is 816. The number of benzene rings is 1. The van der Waals surface area contributed by atoms with Crippen LogP contribution in [0.3, 0.4) is 0 Å². The highest BCUT2D eigenvalue weighted by atomic mass is 16.2. The van der Waals surface area contributed by atoms with Crippen molar-refractivity contribution in [3.05, 3.63) is 61.7 Å². The Morgan fingerprint density at radius 3 is 2.35 bits per heavy atom. The molecule has 0 aliphatic heterocycles. The zero-order valence-electron chi connectivity index (χ0n) is 15.3. The third-order valence-electron chi connectivity index (χ3n) is 4.23. The molecule has 0 bridgehead atoms. The van der Waals surface area contributed by atoms with Crippen molar-refractivity contribution in [2.24, 2.45) is 5.41 Å². The molecule has 2 aromatic heterocycles. The zero-order valence-corrected chi connectivity index (χ0v) is 15.3. The number of rotatable bonds is 5. The van der Waals surface area contributed by atoms with Gasteiger partial charge in [-0.2, -0.15) is 0 Å². The van der Waals surface area contributed by atoms with Crippen molar-refractivity contribution in [1.82, 2.24) is 24.4 Å². The van der Waals surface area contributed by atoms with Gasteiger partial charge in [-0.15, -0.1) is 0 Å². The Morgan fingerprint density at radius 1 is 1.08 bits per heavy atom. The Morgan fingerprint density at radius 2 is 1.77 bits per heavy atom. The van der Waals surface area contributed by atoms with E-state index in [1.54, 1.807) is 25.0 Å². The fraction of sp³-hybridized carbons (Fsp3) is 0.316. The molecular weight excluding hydrogens is 328 g/mol. The molecule has 2 N–H and O–H groups in total. The van der Waals surface area contributed by atoms with Gasteiger partial charge >= 0.3 is 6.03 Å². The van der Waals surface area contributed by atoms with Crippen molar-refractivity contribution < 1.29 is 4.79 Å². The minimum atomic E-state index is -0.222. The molecule has 7 heteroatoms. The summed E-state index contributed by atoms with van der Waals surface area (Å²) in [6.07, 6.45) is 10.7. The molecule has 0 radical (unpaired) electrons. The van der Waals surface area contributed by atoms with Crippen molar-refractivity contribution in [2.45, 2.75) is 33.4 Å². The van der Waals surface area contributed by atoms with Crippen LogP contribution in [0.2, 0.25) is 0 Å². The second-order valence-electron chi connectivity index (χ2n) is 7.29. The smallest absolute Gasteiger partial charge is 0.319 e. The number of nitrogens with one attached hydrogen (secondary N) is 2. The molecular formula is C19H24N6O. The lowest BCUT2D eigenvalue weighted by Gasteiger charge is -2.31. The van der Waals surface area contributed by atoms with Gasteiger partial charge in [0, 0.05) is 42.7 Å². The van der Waals surface area contributed by atoms with E-state index in [2.05, 4.69) is 41.4 Å². The topological polar surface area (TPSA) is 76.8 Å². The van der Waals surface area contributed by atoms with Crippen molar-refractivity contribution in [3.8, 4) is 5.69 Å². The number of hydrogen-bond acceptors (Lipinski definition) is 3. The fourth-order valence-electron chi connectivity index (χ4n) is 2.60. The van der Waals surface area contributed by atoms with E-state index in [9.17, 15) is 4.79 Å². The average Bonchev–Trinajstić information content (AvgIpc) is 3.28. The third-order valence-corrected chi connectivity index (χ3v) is 4.23. The van der Waals surface area contributed by atoms with Gasteiger partial charge in [0.25, 0.3) is 0 Å². The number of hydrogen-bond donors (Lipinski definition) is 2. The largest absolute Gasteiger partial charge is 0.335 e. The lowest BCUT2D eigenvalue weighted by atomic mass is 9.86. The van der Waals surface area contributed by atoms with Crippen LogP contribution >= 0.6 is 0 Å². The summed E-state index contributed by atoms with van der Waals surface area (Å²) in [4.78, 5) is 20.5. The maximum Gasteiger partial charge on any atom is 0.319 e.